The Balaban J connectivity index is 2.09. The molecule has 1 N–H and O–H groups in total. The van der Waals surface area contributed by atoms with Crippen molar-refractivity contribution in [1.82, 2.24) is 10.2 Å². The second kappa shape index (κ2) is 5.56. The topological polar surface area (TPSA) is 15.3 Å². The number of halogens is 2. The Morgan fingerprint density at radius 1 is 1.35 bits per heavy atom. The van der Waals surface area contributed by atoms with E-state index < -0.39 is 11.6 Å². The van der Waals surface area contributed by atoms with Gasteiger partial charge >= 0.3 is 0 Å². The highest BCUT2D eigenvalue weighted by Gasteiger charge is 2.17. The van der Waals surface area contributed by atoms with Crippen molar-refractivity contribution >= 4 is 0 Å². The van der Waals surface area contributed by atoms with E-state index >= 15 is 0 Å². The highest BCUT2D eigenvalue weighted by molar-refractivity contribution is 5.19. The summed E-state index contributed by atoms with van der Waals surface area (Å²) in [5.74, 6) is -0.898. The molecule has 0 spiro atoms. The van der Waals surface area contributed by atoms with Crippen LogP contribution in [0.5, 0.6) is 0 Å². The van der Waals surface area contributed by atoms with Gasteiger partial charge in [0.1, 0.15) is 11.6 Å². The summed E-state index contributed by atoms with van der Waals surface area (Å²) in [5, 5.41) is 3.36. The summed E-state index contributed by atoms with van der Waals surface area (Å²) in [4.78, 5) is 2.10. The molecular weight excluding hydrogens is 222 g/mol. The maximum absolute atomic E-state index is 13.5. The Morgan fingerprint density at radius 3 is 2.76 bits per heavy atom. The SMILES string of the molecule is CC1CN(Cc2c(F)cccc2F)CCCN1. The van der Waals surface area contributed by atoms with Gasteiger partial charge in [-0.3, -0.25) is 4.90 Å². The molecule has 0 aromatic heterocycles. The average molecular weight is 240 g/mol. The van der Waals surface area contributed by atoms with E-state index in [1.165, 1.54) is 18.2 Å². The van der Waals surface area contributed by atoms with Crippen LogP contribution in [0.1, 0.15) is 18.9 Å². The van der Waals surface area contributed by atoms with E-state index in [0.717, 1.165) is 26.1 Å². The number of hydrogen-bond donors (Lipinski definition) is 1. The molecule has 1 aromatic carbocycles. The zero-order chi connectivity index (χ0) is 12.3. The van der Waals surface area contributed by atoms with Gasteiger partial charge in [-0.15, -0.1) is 0 Å². The molecular formula is C13H18F2N2. The number of nitrogens with zero attached hydrogens (tertiary/aromatic N) is 1. The minimum atomic E-state index is -0.449. The maximum Gasteiger partial charge on any atom is 0.130 e. The van der Waals surface area contributed by atoms with Gasteiger partial charge in [-0.25, -0.2) is 8.78 Å². The first-order chi connectivity index (χ1) is 8.16. The molecule has 17 heavy (non-hydrogen) atoms. The van der Waals surface area contributed by atoms with E-state index in [1.807, 2.05) is 0 Å². The third-order valence-corrected chi connectivity index (χ3v) is 3.12. The Hall–Kier alpha value is -1.00. The second-order valence-electron chi connectivity index (χ2n) is 4.64. The molecule has 94 valence electrons. The minimum Gasteiger partial charge on any atom is -0.313 e. The molecule has 0 aliphatic carbocycles. The van der Waals surface area contributed by atoms with Crippen LogP contribution < -0.4 is 5.32 Å². The monoisotopic (exact) mass is 240 g/mol. The van der Waals surface area contributed by atoms with Crippen molar-refractivity contribution in [3.63, 3.8) is 0 Å². The van der Waals surface area contributed by atoms with Gasteiger partial charge in [0.15, 0.2) is 0 Å². The highest BCUT2D eigenvalue weighted by atomic mass is 19.1. The highest BCUT2D eigenvalue weighted by Crippen LogP contribution is 2.15. The molecule has 1 atom stereocenters. The molecule has 0 saturated carbocycles. The van der Waals surface area contributed by atoms with Crippen LogP contribution in [0.4, 0.5) is 8.78 Å². The van der Waals surface area contributed by atoms with E-state index in [1.54, 1.807) is 0 Å². The number of rotatable bonds is 2. The fourth-order valence-electron chi connectivity index (χ4n) is 2.24. The molecule has 1 aromatic rings. The van der Waals surface area contributed by atoms with Crippen LogP contribution >= 0.6 is 0 Å². The predicted octanol–water partition coefficient (Wildman–Crippen LogP) is 2.15. The molecule has 0 bridgehead atoms. The van der Waals surface area contributed by atoms with Crippen LogP contribution in [0.2, 0.25) is 0 Å². The van der Waals surface area contributed by atoms with Crippen LogP contribution in [0.15, 0.2) is 18.2 Å². The van der Waals surface area contributed by atoms with Gasteiger partial charge in [-0.05, 0) is 38.6 Å². The summed E-state index contributed by atoms with van der Waals surface area (Å²) < 4.78 is 27.0. The smallest absolute Gasteiger partial charge is 0.130 e. The van der Waals surface area contributed by atoms with E-state index in [9.17, 15) is 8.78 Å². The molecule has 4 heteroatoms. The lowest BCUT2D eigenvalue weighted by atomic mass is 10.1. The van der Waals surface area contributed by atoms with Gasteiger partial charge in [0.2, 0.25) is 0 Å². The predicted molar refractivity (Wildman–Crippen MR) is 63.7 cm³/mol. The summed E-state index contributed by atoms with van der Waals surface area (Å²) in [7, 11) is 0. The average Bonchev–Trinajstić information content (AvgIpc) is 2.48. The second-order valence-corrected chi connectivity index (χ2v) is 4.64. The van der Waals surface area contributed by atoms with Crippen LogP contribution in [-0.2, 0) is 6.54 Å². The molecule has 1 aliphatic heterocycles. The molecule has 0 radical (unpaired) electrons. The van der Waals surface area contributed by atoms with Crippen molar-refractivity contribution in [3.8, 4) is 0 Å². The molecule has 1 saturated heterocycles. The molecule has 0 amide bonds. The first-order valence-corrected chi connectivity index (χ1v) is 6.05. The third kappa shape index (κ3) is 3.23. The lowest BCUT2D eigenvalue weighted by molar-refractivity contribution is 0.257. The van der Waals surface area contributed by atoms with E-state index in [0.29, 0.717) is 12.6 Å². The third-order valence-electron chi connectivity index (χ3n) is 3.12. The summed E-state index contributed by atoms with van der Waals surface area (Å²) in [5.41, 5.74) is 0.182. The molecule has 1 fully saturated rings. The zero-order valence-electron chi connectivity index (χ0n) is 10.0. The van der Waals surface area contributed by atoms with Gasteiger partial charge < -0.3 is 5.32 Å². The largest absolute Gasteiger partial charge is 0.313 e. The molecule has 1 unspecified atom stereocenters. The van der Waals surface area contributed by atoms with Crippen molar-refractivity contribution in [1.29, 1.82) is 0 Å². The van der Waals surface area contributed by atoms with Gasteiger partial charge in [0.25, 0.3) is 0 Å². The van der Waals surface area contributed by atoms with Crippen LogP contribution in [0.3, 0.4) is 0 Å². The fraction of sp³-hybridized carbons (Fsp3) is 0.538. The van der Waals surface area contributed by atoms with Gasteiger partial charge in [-0.2, -0.15) is 0 Å². The first kappa shape index (κ1) is 12.5. The number of benzene rings is 1. The normalized spacial score (nSPS) is 22.4. The van der Waals surface area contributed by atoms with Crippen molar-refractivity contribution in [2.75, 3.05) is 19.6 Å². The van der Waals surface area contributed by atoms with Crippen LogP contribution in [-0.4, -0.2) is 30.6 Å². The molecule has 1 heterocycles. The number of nitrogens with one attached hydrogen (secondary N) is 1. The Kier molecular flexibility index (Phi) is 4.07. The lowest BCUT2D eigenvalue weighted by Gasteiger charge is -2.22. The summed E-state index contributed by atoms with van der Waals surface area (Å²) in [6.07, 6.45) is 1.01. The summed E-state index contributed by atoms with van der Waals surface area (Å²) >= 11 is 0. The van der Waals surface area contributed by atoms with E-state index in [-0.39, 0.29) is 5.56 Å². The summed E-state index contributed by atoms with van der Waals surface area (Å²) in [6, 6.07) is 4.41. The number of hydrogen-bond acceptors (Lipinski definition) is 2. The molecule has 2 rings (SSSR count). The maximum atomic E-state index is 13.5. The standard InChI is InChI=1S/C13H18F2N2/c1-10-8-17(7-3-6-16-10)9-11-12(14)4-2-5-13(11)15/h2,4-5,10,16H,3,6-9H2,1H3. The van der Waals surface area contributed by atoms with Crippen molar-refractivity contribution in [2.45, 2.75) is 25.9 Å². The molecule has 2 nitrogen and oxygen atoms in total. The minimum absolute atomic E-state index is 0.182. The van der Waals surface area contributed by atoms with Crippen molar-refractivity contribution < 1.29 is 8.78 Å². The van der Waals surface area contributed by atoms with E-state index in [2.05, 4.69) is 17.1 Å². The van der Waals surface area contributed by atoms with Gasteiger partial charge in [-0.1, -0.05) is 6.07 Å². The Bertz CT molecular complexity index is 361. The van der Waals surface area contributed by atoms with E-state index in [4.69, 9.17) is 0 Å². The van der Waals surface area contributed by atoms with Gasteiger partial charge in [0.05, 0.1) is 0 Å². The molecule has 1 aliphatic rings. The Labute approximate surface area is 101 Å². The zero-order valence-corrected chi connectivity index (χ0v) is 10.0. The van der Waals surface area contributed by atoms with Crippen molar-refractivity contribution in [3.05, 3.63) is 35.4 Å². The lowest BCUT2D eigenvalue weighted by Crippen LogP contribution is -2.35. The van der Waals surface area contributed by atoms with Crippen LogP contribution in [0.25, 0.3) is 0 Å². The fourth-order valence-corrected chi connectivity index (χ4v) is 2.24. The first-order valence-electron chi connectivity index (χ1n) is 6.05. The summed E-state index contributed by atoms with van der Waals surface area (Å²) in [6.45, 7) is 5.12. The van der Waals surface area contributed by atoms with Gasteiger partial charge in [0, 0.05) is 24.7 Å². The van der Waals surface area contributed by atoms with Crippen LogP contribution in [0, 0.1) is 11.6 Å². The quantitative estimate of drug-likeness (QED) is 0.852. The Morgan fingerprint density at radius 2 is 2.06 bits per heavy atom. The van der Waals surface area contributed by atoms with Crippen molar-refractivity contribution in [2.24, 2.45) is 0 Å².